The smallest absolute Gasteiger partial charge is 0.335 e. The van der Waals surface area contributed by atoms with Crippen molar-refractivity contribution >= 4 is 23.9 Å². The third-order valence-electron chi connectivity index (χ3n) is 15.7. The van der Waals surface area contributed by atoms with Crippen LogP contribution >= 0.6 is 0 Å². The predicted molar refractivity (Wildman–Crippen MR) is 358 cm³/mol. The molecular weight excluding hydrogens is 1090 g/mol. The Bertz CT molecular complexity index is 1880. The van der Waals surface area contributed by atoms with E-state index in [1.807, 2.05) is 12.2 Å². The van der Waals surface area contributed by atoms with E-state index in [0.29, 0.717) is 19.3 Å². The molecule has 1 heterocycles. The Morgan fingerprint density at radius 1 is 0.391 bits per heavy atom. The fraction of sp³-hybridized carbons (Fsp3) is 0.733. The van der Waals surface area contributed by atoms with Gasteiger partial charge in [-0.15, -0.1) is 0 Å². The molecule has 6 atom stereocenters. The summed E-state index contributed by atoms with van der Waals surface area (Å²) in [6.45, 7) is 5.84. The number of allylic oxidation sites excluding steroid dienone is 16. The molecule has 0 aliphatic carbocycles. The van der Waals surface area contributed by atoms with Gasteiger partial charge in [-0.3, -0.25) is 14.4 Å². The van der Waals surface area contributed by atoms with Crippen LogP contribution in [0.15, 0.2) is 97.2 Å². The Kier molecular flexibility index (Phi) is 57.3. The molecule has 1 saturated heterocycles. The fourth-order valence-electron chi connectivity index (χ4n) is 10.3. The van der Waals surface area contributed by atoms with Crippen LogP contribution in [-0.2, 0) is 42.9 Å². The van der Waals surface area contributed by atoms with Gasteiger partial charge in [0.15, 0.2) is 24.6 Å². The summed E-state index contributed by atoms with van der Waals surface area (Å²) in [6, 6.07) is 0. The first-order valence-electron chi connectivity index (χ1n) is 35.2. The van der Waals surface area contributed by atoms with E-state index in [2.05, 4.69) is 106 Å². The molecule has 12 nitrogen and oxygen atoms in total. The highest BCUT2D eigenvalue weighted by atomic mass is 16.7. The minimum atomic E-state index is -1.92. The molecule has 1 rings (SSSR count). The topological polar surface area (TPSA) is 175 Å². The number of aliphatic hydroxyl groups is 2. The molecule has 0 saturated carbocycles. The lowest BCUT2D eigenvalue weighted by molar-refractivity contribution is -0.301. The van der Waals surface area contributed by atoms with Crippen molar-refractivity contribution in [1.82, 2.24) is 0 Å². The van der Waals surface area contributed by atoms with Crippen molar-refractivity contribution in [2.75, 3.05) is 13.2 Å². The van der Waals surface area contributed by atoms with Gasteiger partial charge in [-0.1, -0.05) is 291 Å². The maximum atomic E-state index is 13.2. The molecule has 498 valence electrons. The van der Waals surface area contributed by atoms with Crippen LogP contribution in [0.2, 0.25) is 0 Å². The lowest BCUT2D eigenvalue weighted by Crippen LogP contribution is -2.61. The van der Waals surface area contributed by atoms with E-state index in [0.717, 1.165) is 103 Å². The number of ether oxygens (including phenoxy) is 5. The third-order valence-corrected chi connectivity index (χ3v) is 15.7. The second-order valence-corrected chi connectivity index (χ2v) is 23.8. The number of aliphatic hydroxyl groups excluding tert-OH is 2. The molecule has 0 bridgehead atoms. The van der Waals surface area contributed by atoms with Crippen LogP contribution in [0.5, 0.6) is 0 Å². The summed E-state index contributed by atoms with van der Waals surface area (Å²) in [5, 5.41) is 31.7. The zero-order chi connectivity index (χ0) is 63.1. The molecule has 6 unspecified atom stereocenters. The number of carboxylic acids is 1. The molecule has 0 amide bonds. The molecule has 0 aromatic rings. The van der Waals surface area contributed by atoms with Crippen LogP contribution in [0.1, 0.15) is 303 Å². The first kappa shape index (κ1) is 80.7. The van der Waals surface area contributed by atoms with Crippen molar-refractivity contribution in [2.45, 2.75) is 340 Å². The van der Waals surface area contributed by atoms with Crippen molar-refractivity contribution in [3.8, 4) is 0 Å². The summed E-state index contributed by atoms with van der Waals surface area (Å²) in [5.74, 6) is -3.22. The number of carboxylic acid groups (broad SMARTS) is 1. The summed E-state index contributed by atoms with van der Waals surface area (Å²) in [7, 11) is 0. The number of carbonyl (C=O) groups excluding carboxylic acids is 3. The summed E-state index contributed by atoms with van der Waals surface area (Å²) >= 11 is 0. The highest BCUT2D eigenvalue weighted by Crippen LogP contribution is 2.27. The number of carbonyl (C=O) groups is 4. The van der Waals surface area contributed by atoms with Crippen molar-refractivity contribution in [2.24, 2.45) is 0 Å². The van der Waals surface area contributed by atoms with E-state index in [1.165, 1.54) is 141 Å². The van der Waals surface area contributed by atoms with Crippen LogP contribution in [0.4, 0.5) is 0 Å². The molecular formula is C75H126O12. The van der Waals surface area contributed by atoms with Gasteiger partial charge in [0, 0.05) is 19.3 Å². The van der Waals surface area contributed by atoms with E-state index in [9.17, 15) is 34.5 Å². The monoisotopic (exact) mass is 1220 g/mol. The quantitative estimate of drug-likeness (QED) is 0.0228. The number of aliphatic carboxylic acids is 1. The third kappa shape index (κ3) is 51.1. The highest BCUT2D eigenvalue weighted by molar-refractivity contribution is 5.74. The minimum Gasteiger partial charge on any atom is -0.479 e. The molecule has 1 fully saturated rings. The van der Waals surface area contributed by atoms with E-state index in [4.69, 9.17) is 23.7 Å². The van der Waals surface area contributed by atoms with Crippen molar-refractivity contribution in [1.29, 1.82) is 0 Å². The van der Waals surface area contributed by atoms with Gasteiger partial charge in [-0.2, -0.15) is 0 Å². The molecule has 3 N–H and O–H groups in total. The van der Waals surface area contributed by atoms with E-state index in [1.54, 1.807) is 0 Å². The van der Waals surface area contributed by atoms with Crippen molar-refractivity contribution in [3.05, 3.63) is 97.2 Å². The molecule has 0 radical (unpaired) electrons. The zero-order valence-electron chi connectivity index (χ0n) is 55.2. The van der Waals surface area contributed by atoms with E-state index < -0.39 is 67.3 Å². The van der Waals surface area contributed by atoms with Gasteiger partial charge in [0.2, 0.25) is 0 Å². The first-order chi connectivity index (χ1) is 42.6. The van der Waals surface area contributed by atoms with Crippen molar-refractivity contribution < 1.29 is 58.2 Å². The number of hydrogen-bond acceptors (Lipinski definition) is 11. The number of rotatable bonds is 60. The molecule has 1 aliphatic rings. The standard InChI is InChI=1S/C75H126O12/c1-4-7-10-13-16-19-22-25-28-31-34-37-40-43-46-49-52-55-58-61-67(76)83-64-66(85-68(77)62-59-56-53-50-47-44-41-38-35-32-29-26-23-20-17-14-11-8-5-2)65-84-75-73(71(80)70(79)72(87-75)74(81)82)86-69(78)63-60-57-54-51-48-45-42-39-36-33-30-27-24-21-18-15-12-9-6-3/h7,10,16-17,19-20,25-26,28-29,34,37,43,46,52,55,66,70-73,75,79-80H,4-6,8-9,11-15,18,21-24,27,30-33,35-36,38-42,44-45,47-51,53-54,56-65H2,1-3H3,(H,81,82)/b10-7-,19-16-,20-17-,28-25-,29-26-,37-34-,46-43-,55-52-. The maximum Gasteiger partial charge on any atom is 0.335 e. The van der Waals surface area contributed by atoms with Gasteiger partial charge in [0.1, 0.15) is 18.8 Å². The van der Waals surface area contributed by atoms with Crippen LogP contribution in [0.3, 0.4) is 0 Å². The van der Waals surface area contributed by atoms with Crippen LogP contribution in [0, 0.1) is 0 Å². The Balaban J connectivity index is 2.68. The number of esters is 3. The lowest BCUT2D eigenvalue weighted by atomic mass is 9.98. The van der Waals surface area contributed by atoms with Gasteiger partial charge < -0.3 is 39.0 Å². The Morgan fingerprint density at radius 2 is 0.747 bits per heavy atom. The van der Waals surface area contributed by atoms with Crippen LogP contribution in [-0.4, -0.2) is 89.2 Å². The molecule has 0 spiro atoms. The molecule has 87 heavy (non-hydrogen) atoms. The van der Waals surface area contributed by atoms with E-state index >= 15 is 0 Å². The summed E-state index contributed by atoms with van der Waals surface area (Å²) in [5.41, 5.74) is 0. The van der Waals surface area contributed by atoms with Gasteiger partial charge in [-0.05, 0) is 89.9 Å². The Morgan fingerprint density at radius 3 is 1.17 bits per heavy atom. The Labute approximate surface area is 530 Å². The van der Waals surface area contributed by atoms with Crippen molar-refractivity contribution in [3.63, 3.8) is 0 Å². The minimum absolute atomic E-state index is 0.0535. The zero-order valence-corrected chi connectivity index (χ0v) is 55.2. The van der Waals surface area contributed by atoms with E-state index in [-0.39, 0.29) is 25.9 Å². The highest BCUT2D eigenvalue weighted by Gasteiger charge is 2.50. The summed E-state index contributed by atoms with van der Waals surface area (Å²) < 4.78 is 28.5. The second-order valence-electron chi connectivity index (χ2n) is 23.8. The average Bonchev–Trinajstić information content (AvgIpc) is 2.56. The summed E-state index contributed by atoms with van der Waals surface area (Å²) in [4.78, 5) is 51.5. The number of unbranched alkanes of at least 4 members (excludes halogenated alkanes) is 30. The first-order valence-corrected chi connectivity index (χ1v) is 35.2. The molecule has 0 aromatic carbocycles. The Hall–Kier alpha value is -4.36. The molecule has 12 heteroatoms. The number of hydrogen-bond donors (Lipinski definition) is 3. The summed E-state index contributed by atoms with van der Waals surface area (Å²) in [6.07, 6.45) is 70.9. The lowest BCUT2D eigenvalue weighted by Gasteiger charge is -2.40. The van der Waals surface area contributed by atoms with Gasteiger partial charge >= 0.3 is 23.9 Å². The average molecular weight is 1220 g/mol. The molecule has 1 aliphatic heterocycles. The maximum absolute atomic E-state index is 13.2. The fourth-order valence-corrected chi connectivity index (χ4v) is 10.3. The SMILES string of the molecule is CC/C=C\C/C=C\C/C=C\C/C=C\C/C=C\C/C=C\CCC(=O)OCC(COC1OC(C(=O)O)C(O)C(O)C1OC(=O)CCCCCCCCCCCCCCCCCCCCC)OC(=O)CCCCCCCCCCC/C=C\C/C=C\CCCCC. The molecule has 0 aromatic heterocycles. The van der Waals surface area contributed by atoms with Gasteiger partial charge in [0.25, 0.3) is 0 Å². The predicted octanol–water partition coefficient (Wildman–Crippen LogP) is 19.6. The van der Waals surface area contributed by atoms with Gasteiger partial charge in [-0.25, -0.2) is 4.79 Å². The van der Waals surface area contributed by atoms with Crippen LogP contribution in [0.25, 0.3) is 0 Å². The largest absolute Gasteiger partial charge is 0.479 e. The van der Waals surface area contributed by atoms with Gasteiger partial charge in [0.05, 0.1) is 6.61 Å². The normalized spacial score (nSPS) is 17.9. The second kappa shape index (κ2) is 61.9. The van der Waals surface area contributed by atoms with Crippen LogP contribution < -0.4 is 0 Å².